The molecule has 2 aromatic rings. The van der Waals surface area contributed by atoms with Crippen molar-refractivity contribution in [3.8, 4) is 0 Å². The van der Waals surface area contributed by atoms with Crippen LogP contribution in [0.25, 0.3) is 11.0 Å². The number of alkyl halides is 3. The van der Waals surface area contributed by atoms with Crippen molar-refractivity contribution in [3.63, 3.8) is 0 Å². The highest BCUT2D eigenvalue weighted by Gasteiger charge is 2.31. The van der Waals surface area contributed by atoms with Gasteiger partial charge < -0.3 is 10.3 Å². The van der Waals surface area contributed by atoms with E-state index in [1.54, 1.807) is 0 Å². The number of nitrogens with zero attached hydrogens (tertiary/aromatic N) is 2. The summed E-state index contributed by atoms with van der Waals surface area (Å²) in [6, 6.07) is 3.72. The van der Waals surface area contributed by atoms with E-state index in [9.17, 15) is 13.2 Å². The standard InChI is InChI=1S/C13H16F3N3/c1-3-9(4-2)19-11-6-5-8(13(14,15)16)7-10(11)18-12(19)17/h5-7,9H,3-4H2,1-2H3,(H2,17,18). The average Bonchev–Trinajstić information content (AvgIpc) is 2.66. The molecule has 0 radical (unpaired) electrons. The van der Waals surface area contributed by atoms with Crippen molar-refractivity contribution in [2.75, 3.05) is 5.73 Å². The van der Waals surface area contributed by atoms with E-state index in [0.29, 0.717) is 11.0 Å². The Balaban J connectivity index is 2.60. The second-order valence-electron chi connectivity index (χ2n) is 4.51. The Morgan fingerprint density at radius 2 is 1.89 bits per heavy atom. The fourth-order valence-corrected chi connectivity index (χ4v) is 2.33. The number of nitrogen functional groups attached to an aromatic ring is 1. The van der Waals surface area contributed by atoms with Gasteiger partial charge in [0.15, 0.2) is 0 Å². The molecule has 0 aliphatic carbocycles. The molecule has 1 heterocycles. The van der Waals surface area contributed by atoms with Crippen LogP contribution in [0.2, 0.25) is 0 Å². The number of halogens is 3. The number of aromatic nitrogens is 2. The van der Waals surface area contributed by atoms with Crippen LogP contribution in [0.15, 0.2) is 18.2 Å². The molecule has 0 atom stereocenters. The van der Waals surface area contributed by atoms with Crippen LogP contribution in [0, 0.1) is 0 Å². The molecule has 2 rings (SSSR count). The van der Waals surface area contributed by atoms with Crippen LogP contribution in [0.1, 0.15) is 38.3 Å². The van der Waals surface area contributed by atoms with E-state index in [1.165, 1.54) is 6.07 Å². The molecule has 1 aromatic heterocycles. The van der Waals surface area contributed by atoms with Gasteiger partial charge in [-0.3, -0.25) is 0 Å². The molecule has 2 N–H and O–H groups in total. The van der Waals surface area contributed by atoms with Crippen molar-refractivity contribution in [1.29, 1.82) is 0 Å². The van der Waals surface area contributed by atoms with E-state index in [1.807, 2.05) is 18.4 Å². The van der Waals surface area contributed by atoms with Gasteiger partial charge in [0.25, 0.3) is 0 Å². The first kappa shape index (κ1) is 13.7. The molecule has 0 unspecified atom stereocenters. The molecule has 19 heavy (non-hydrogen) atoms. The third-order valence-electron chi connectivity index (χ3n) is 3.35. The summed E-state index contributed by atoms with van der Waals surface area (Å²) in [5.74, 6) is 0.267. The SMILES string of the molecule is CCC(CC)n1c(N)nc2cc(C(F)(F)F)ccc21. The number of nitrogens with two attached hydrogens (primary N) is 1. The highest BCUT2D eigenvalue weighted by atomic mass is 19.4. The fraction of sp³-hybridized carbons (Fsp3) is 0.462. The molecule has 0 bridgehead atoms. The normalized spacial score (nSPS) is 12.5. The molecule has 1 aromatic carbocycles. The van der Waals surface area contributed by atoms with Gasteiger partial charge in [-0.15, -0.1) is 0 Å². The molecule has 104 valence electrons. The molecule has 3 nitrogen and oxygen atoms in total. The first-order chi connectivity index (χ1) is 8.88. The lowest BCUT2D eigenvalue weighted by atomic mass is 10.1. The molecule has 0 aliphatic rings. The highest BCUT2D eigenvalue weighted by Crippen LogP contribution is 2.33. The molecule has 0 fully saturated rings. The van der Waals surface area contributed by atoms with Gasteiger partial charge in [-0.1, -0.05) is 13.8 Å². The van der Waals surface area contributed by atoms with Crippen molar-refractivity contribution < 1.29 is 13.2 Å². The van der Waals surface area contributed by atoms with Crippen LogP contribution in [0.3, 0.4) is 0 Å². The Morgan fingerprint density at radius 3 is 2.42 bits per heavy atom. The zero-order valence-electron chi connectivity index (χ0n) is 10.8. The summed E-state index contributed by atoms with van der Waals surface area (Å²) in [5.41, 5.74) is 6.08. The Kier molecular flexibility index (Phi) is 3.43. The molecular weight excluding hydrogens is 255 g/mol. The first-order valence-corrected chi connectivity index (χ1v) is 6.23. The fourth-order valence-electron chi connectivity index (χ4n) is 2.33. The molecule has 6 heteroatoms. The van der Waals surface area contributed by atoms with Crippen LogP contribution >= 0.6 is 0 Å². The first-order valence-electron chi connectivity index (χ1n) is 6.23. The second kappa shape index (κ2) is 4.75. The summed E-state index contributed by atoms with van der Waals surface area (Å²) in [5, 5.41) is 0. The number of hydrogen-bond donors (Lipinski definition) is 1. The maximum Gasteiger partial charge on any atom is 0.416 e. The minimum Gasteiger partial charge on any atom is -0.369 e. The van der Waals surface area contributed by atoms with E-state index in [2.05, 4.69) is 4.98 Å². The Morgan fingerprint density at radius 1 is 1.26 bits per heavy atom. The summed E-state index contributed by atoms with van der Waals surface area (Å²) in [6.07, 6.45) is -2.65. The van der Waals surface area contributed by atoms with Gasteiger partial charge in [-0.2, -0.15) is 13.2 Å². The van der Waals surface area contributed by atoms with Gasteiger partial charge in [0, 0.05) is 6.04 Å². The van der Waals surface area contributed by atoms with Crippen LogP contribution in [-0.2, 0) is 6.18 Å². The molecule has 0 saturated heterocycles. The van der Waals surface area contributed by atoms with Crippen LogP contribution in [0.5, 0.6) is 0 Å². The van der Waals surface area contributed by atoms with Crippen molar-refractivity contribution in [3.05, 3.63) is 23.8 Å². The summed E-state index contributed by atoms with van der Waals surface area (Å²) in [6.45, 7) is 4.03. The number of anilines is 1. The van der Waals surface area contributed by atoms with E-state index in [-0.39, 0.29) is 12.0 Å². The zero-order valence-corrected chi connectivity index (χ0v) is 10.8. The van der Waals surface area contributed by atoms with Gasteiger partial charge >= 0.3 is 6.18 Å². The average molecular weight is 271 g/mol. The number of fused-ring (bicyclic) bond motifs is 1. The third kappa shape index (κ3) is 2.39. The Hall–Kier alpha value is -1.72. The Bertz CT molecular complexity index is 583. The zero-order chi connectivity index (χ0) is 14.2. The maximum absolute atomic E-state index is 12.6. The van der Waals surface area contributed by atoms with Crippen molar-refractivity contribution in [2.24, 2.45) is 0 Å². The van der Waals surface area contributed by atoms with E-state index in [4.69, 9.17) is 5.73 Å². The largest absolute Gasteiger partial charge is 0.416 e. The number of rotatable bonds is 3. The maximum atomic E-state index is 12.6. The Labute approximate surface area is 109 Å². The summed E-state index contributed by atoms with van der Waals surface area (Å²) in [7, 11) is 0. The highest BCUT2D eigenvalue weighted by molar-refractivity contribution is 5.79. The monoisotopic (exact) mass is 271 g/mol. The predicted molar refractivity (Wildman–Crippen MR) is 68.8 cm³/mol. The summed E-state index contributed by atoms with van der Waals surface area (Å²) < 4.78 is 39.8. The van der Waals surface area contributed by atoms with Crippen LogP contribution in [-0.4, -0.2) is 9.55 Å². The van der Waals surface area contributed by atoms with Gasteiger partial charge in [0.2, 0.25) is 5.95 Å². The molecule has 0 amide bonds. The topological polar surface area (TPSA) is 43.8 Å². The molecule has 0 spiro atoms. The molecular formula is C13H16F3N3. The van der Waals surface area contributed by atoms with Gasteiger partial charge in [0.1, 0.15) is 0 Å². The van der Waals surface area contributed by atoms with Crippen molar-refractivity contribution in [2.45, 2.75) is 38.9 Å². The molecule has 0 saturated carbocycles. The van der Waals surface area contributed by atoms with E-state index >= 15 is 0 Å². The van der Waals surface area contributed by atoms with Crippen molar-refractivity contribution >= 4 is 17.0 Å². The lowest BCUT2D eigenvalue weighted by molar-refractivity contribution is -0.137. The summed E-state index contributed by atoms with van der Waals surface area (Å²) >= 11 is 0. The third-order valence-corrected chi connectivity index (χ3v) is 3.35. The lowest BCUT2D eigenvalue weighted by Crippen LogP contribution is -2.10. The van der Waals surface area contributed by atoms with Crippen molar-refractivity contribution in [1.82, 2.24) is 9.55 Å². The minimum absolute atomic E-state index is 0.154. The van der Waals surface area contributed by atoms with Gasteiger partial charge in [-0.05, 0) is 31.0 Å². The predicted octanol–water partition coefficient (Wildman–Crippen LogP) is 4.00. The quantitative estimate of drug-likeness (QED) is 0.917. The number of benzene rings is 1. The van der Waals surface area contributed by atoms with Gasteiger partial charge in [-0.25, -0.2) is 4.98 Å². The number of imidazole rings is 1. The smallest absolute Gasteiger partial charge is 0.369 e. The van der Waals surface area contributed by atoms with Crippen LogP contribution < -0.4 is 5.73 Å². The minimum atomic E-state index is -4.36. The van der Waals surface area contributed by atoms with Gasteiger partial charge in [0.05, 0.1) is 16.6 Å². The lowest BCUT2D eigenvalue weighted by Gasteiger charge is -2.17. The molecule has 0 aliphatic heterocycles. The second-order valence-corrected chi connectivity index (χ2v) is 4.51. The summed E-state index contributed by atoms with van der Waals surface area (Å²) in [4.78, 5) is 4.04. The number of hydrogen-bond acceptors (Lipinski definition) is 2. The van der Waals surface area contributed by atoms with Crippen LogP contribution in [0.4, 0.5) is 19.1 Å². The van der Waals surface area contributed by atoms with E-state index < -0.39 is 11.7 Å². The van der Waals surface area contributed by atoms with E-state index in [0.717, 1.165) is 25.0 Å².